The normalized spacial score (nSPS) is 25.3. The van der Waals surface area contributed by atoms with Crippen molar-refractivity contribution in [2.45, 2.75) is 58.9 Å². The molecule has 1 aromatic heterocycles. The fourth-order valence-electron chi connectivity index (χ4n) is 3.79. The molecule has 2 nitrogen and oxygen atoms in total. The molecule has 3 atom stereocenters. The number of aryl methyl sites for hydroxylation is 2. The monoisotopic (exact) mass is 260 g/mol. The number of hydrogen-bond acceptors (Lipinski definition) is 2. The van der Waals surface area contributed by atoms with E-state index in [0.29, 0.717) is 6.04 Å². The van der Waals surface area contributed by atoms with Crippen molar-refractivity contribution in [3.63, 3.8) is 0 Å². The van der Waals surface area contributed by atoms with E-state index in [1.165, 1.54) is 48.9 Å². The van der Waals surface area contributed by atoms with Crippen molar-refractivity contribution in [3.8, 4) is 0 Å². The molecule has 0 amide bonds. The Morgan fingerprint density at radius 2 is 2.05 bits per heavy atom. The summed E-state index contributed by atoms with van der Waals surface area (Å²) < 4.78 is 0. The SMILES string of the molecule is CCC1CCCCC1C(NC)c1ncc(C)cc1C. The molecule has 1 aliphatic rings. The number of nitrogens with one attached hydrogen (secondary N) is 1. The van der Waals surface area contributed by atoms with Gasteiger partial charge in [0.2, 0.25) is 0 Å². The van der Waals surface area contributed by atoms with Crippen LogP contribution < -0.4 is 5.32 Å². The van der Waals surface area contributed by atoms with E-state index >= 15 is 0 Å². The van der Waals surface area contributed by atoms with E-state index in [1.807, 2.05) is 6.20 Å². The van der Waals surface area contributed by atoms with Gasteiger partial charge in [-0.1, -0.05) is 38.7 Å². The summed E-state index contributed by atoms with van der Waals surface area (Å²) in [6.07, 6.45) is 8.84. The minimum atomic E-state index is 0.422. The molecule has 19 heavy (non-hydrogen) atoms. The van der Waals surface area contributed by atoms with Gasteiger partial charge in [-0.25, -0.2) is 0 Å². The number of nitrogens with zero attached hydrogens (tertiary/aromatic N) is 1. The largest absolute Gasteiger partial charge is 0.311 e. The van der Waals surface area contributed by atoms with Crippen molar-refractivity contribution in [2.75, 3.05) is 7.05 Å². The number of hydrogen-bond donors (Lipinski definition) is 1. The fraction of sp³-hybridized carbons (Fsp3) is 0.706. The highest BCUT2D eigenvalue weighted by Gasteiger charge is 2.32. The molecule has 3 unspecified atom stereocenters. The molecule has 1 N–H and O–H groups in total. The van der Waals surface area contributed by atoms with Crippen molar-refractivity contribution in [1.29, 1.82) is 0 Å². The molecule has 2 heteroatoms. The van der Waals surface area contributed by atoms with Crippen molar-refractivity contribution in [2.24, 2.45) is 11.8 Å². The van der Waals surface area contributed by atoms with Gasteiger partial charge in [-0.15, -0.1) is 0 Å². The molecule has 0 aromatic carbocycles. The quantitative estimate of drug-likeness (QED) is 0.878. The maximum Gasteiger partial charge on any atom is 0.0605 e. The van der Waals surface area contributed by atoms with Crippen LogP contribution in [-0.2, 0) is 0 Å². The molecule has 0 radical (unpaired) electrons. The van der Waals surface area contributed by atoms with Crippen LogP contribution in [0.2, 0.25) is 0 Å². The zero-order valence-corrected chi connectivity index (χ0v) is 12.9. The van der Waals surface area contributed by atoms with E-state index in [9.17, 15) is 0 Å². The van der Waals surface area contributed by atoms with Gasteiger partial charge in [0, 0.05) is 6.20 Å². The van der Waals surface area contributed by atoms with E-state index < -0.39 is 0 Å². The summed E-state index contributed by atoms with van der Waals surface area (Å²) in [5.74, 6) is 1.60. The fourth-order valence-corrected chi connectivity index (χ4v) is 3.79. The Morgan fingerprint density at radius 3 is 2.68 bits per heavy atom. The Bertz CT molecular complexity index is 414. The van der Waals surface area contributed by atoms with E-state index in [4.69, 9.17) is 4.98 Å². The first-order valence-corrected chi connectivity index (χ1v) is 7.77. The van der Waals surface area contributed by atoms with Gasteiger partial charge in [0.15, 0.2) is 0 Å². The predicted molar refractivity (Wildman–Crippen MR) is 81.3 cm³/mol. The summed E-state index contributed by atoms with van der Waals surface area (Å²) >= 11 is 0. The molecule has 1 aromatic rings. The lowest BCUT2D eigenvalue weighted by atomic mass is 9.73. The third kappa shape index (κ3) is 3.17. The molecule has 0 aliphatic heterocycles. The lowest BCUT2D eigenvalue weighted by Gasteiger charge is -2.37. The molecule has 1 heterocycles. The van der Waals surface area contributed by atoms with Crippen LogP contribution in [0.15, 0.2) is 12.3 Å². The predicted octanol–water partition coefficient (Wildman–Crippen LogP) is 4.18. The summed E-state index contributed by atoms with van der Waals surface area (Å²) in [6, 6.07) is 2.68. The number of pyridine rings is 1. The Morgan fingerprint density at radius 1 is 1.32 bits per heavy atom. The molecule has 1 fully saturated rings. The van der Waals surface area contributed by atoms with Gasteiger partial charge in [0.25, 0.3) is 0 Å². The Labute approximate surface area is 118 Å². The molecule has 2 rings (SSSR count). The molecule has 106 valence electrons. The van der Waals surface area contributed by atoms with Crippen molar-refractivity contribution >= 4 is 0 Å². The Hall–Kier alpha value is -0.890. The van der Waals surface area contributed by atoms with Gasteiger partial charge < -0.3 is 5.32 Å². The first kappa shape index (κ1) is 14.5. The summed E-state index contributed by atoms with van der Waals surface area (Å²) in [5.41, 5.74) is 3.85. The summed E-state index contributed by atoms with van der Waals surface area (Å²) in [5, 5.41) is 3.55. The number of aromatic nitrogens is 1. The van der Waals surface area contributed by atoms with E-state index in [0.717, 1.165) is 11.8 Å². The molecule has 0 bridgehead atoms. The van der Waals surface area contributed by atoms with Crippen LogP contribution >= 0.6 is 0 Å². The van der Waals surface area contributed by atoms with Crippen LogP contribution in [0.4, 0.5) is 0 Å². The minimum absolute atomic E-state index is 0.422. The van der Waals surface area contributed by atoms with E-state index in [2.05, 4.69) is 39.2 Å². The third-order valence-electron chi connectivity index (χ3n) is 4.78. The van der Waals surface area contributed by atoms with Gasteiger partial charge in [-0.2, -0.15) is 0 Å². The topological polar surface area (TPSA) is 24.9 Å². The standard InChI is InChI=1S/C17H28N2/c1-5-14-8-6-7-9-15(14)17(18-4)16-13(3)10-12(2)11-19-16/h10-11,14-15,17-18H,5-9H2,1-4H3. The Kier molecular flexibility index (Phi) is 4.98. The third-order valence-corrected chi connectivity index (χ3v) is 4.78. The maximum atomic E-state index is 4.73. The molecule has 1 saturated carbocycles. The minimum Gasteiger partial charge on any atom is -0.311 e. The average molecular weight is 260 g/mol. The zero-order valence-electron chi connectivity index (χ0n) is 12.9. The van der Waals surface area contributed by atoms with Crippen molar-refractivity contribution in [1.82, 2.24) is 10.3 Å². The highest BCUT2D eigenvalue weighted by molar-refractivity contribution is 5.26. The van der Waals surface area contributed by atoms with Gasteiger partial charge in [-0.3, -0.25) is 4.98 Å². The molecule has 0 saturated heterocycles. The van der Waals surface area contributed by atoms with Gasteiger partial charge in [0.1, 0.15) is 0 Å². The highest BCUT2D eigenvalue weighted by atomic mass is 14.9. The van der Waals surface area contributed by atoms with Crippen LogP contribution in [0.1, 0.15) is 61.9 Å². The lowest BCUT2D eigenvalue weighted by molar-refractivity contribution is 0.178. The second-order valence-corrected chi connectivity index (χ2v) is 6.10. The summed E-state index contributed by atoms with van der Waals surface area (Å²) in [6.45, 7) is 6.65. The first-order valence-electron chi connectivity index (χ1n) is 7.77. The first-order chi connectivity index (χ1) is 9.17. The zero-order chi connectivity index (χ0) is 13.8. The van der Waals surface area contributed by atoms with Gasteiger partial charge in [0.05, 0.1) is 11.7 Å². The van der Waals surface area contributed by atoms with Crippen molar-refractivity contribution < 1.29 is 0 Å². The van der Waals surface area contributed by atoms with Crippen LogP contribution in [-0.4, -0.2) is 12.0 Å². The highest BCUT2D eigenvalue weighted by Crippen LogP contribution is 2.40. The van der Waals surface area contributed by atoms with Gasteiger partial charge in [-0.05, 0) is 50.3 Å². The van der Waals surface area contributed by atoms with Crippen LogP contribution in [0.3, 0.4) is 0 Å². The summed E-state index contributed by atoms with van der Waals surface area (Å²) in [7, 11) is 2.09. The molecule has 0 spiro atoms. The second kappa shape index (κ2) is 6.51. The van der Waals surface area contributed by atoms with Gasteiger partial charge >= 0.3 is 0 Å². The molecular formula is C17H28N2. The van der Waals surface area contributed by atoms with Crippen LogP contribution in [0.5, 0.6) is 0 Å². The summed E-state index contributed by atoms with van der Waals surface area (Å²) in [4.78, 5) is 4.73. The molecule has 1 aliphatic carbocycles. The van der Waals surface area contributed by atoms with E-state index in [1.54, 1.807) is 0 Å². The second-order valence-electron chi connectivity index (χ2n) is 6.10. The maximum absolute atomic E-state index is 4.73. The van der Waals surface area contributed by atoms with Crippen molar-refractivity contribution in [3.05, 3.63) is 29.1 Å². The molecular weight excluding hydrogens is 232 g/mol. The lowest BCUT2D eigenvalue weighted by Crippen LogP contribution is -2.33. The van der Waals surface area contributed by atoms with Crippen LogP contribution in [0, 0.1) is 25.7 Å². The Balaban J connectivity index is 2.27. The van der Waals surface area contributed by atoms with Crippen LogP contribution in [0.25, 0.3) is 0 Å². The van der Waals surface area contributed by atoms with E-state index in [-0.39, 0.29) is 0 Å². The average Bonchev–Trinajstić information content (AvgIpc) is 2.42. The smallest absolute Gasteiger partial charge is 0.0605 e. The number of rotatable bonds is 4.